The molecule has 0 aromatic heterocycles. The molecule has 1 heterocycles. The highest BCUT2D eigenvalue weighted by molar-refractivity contribution is 5.98. The molecular weight excluding hydrogens is 258 g/mol. The van der Waals surface area contributed by atoms with Crippen LogP contribution >= 0.6 is 0 Å². The van der Waals surface area contributed by atoms with E-state index in [1.165, 1.54) is 12.2 Å². The second kappa shape index (κ2) is 6.43. The summed E-state index contributed by atoms with van der Waals surface area (Å²) < 4.78 is 15.7. The molecule has 0 unspecified atom stereocenters. The van der Waals surface area contributed by atoms with Crippen LogP contribution in [0.5, 0.6) is 11.5 Å². The molecule has 102 valence electrons. The van der Waals surface area contributed by atoms with Crippen LogP contribution in [0.3, 0.4) is 0 Å². The summed E-state index contributed by atoms with van der Waals surface area (Å²) in [6, 6.07) is 7.02. The van der Waals surface area contributed by atoms with Gasteiger partial charge in [-0.15, -0.1) is 0 Å². The van der Waals surface area contributed by atoms with E-state index in [0.29, 0.717) is 30.3 Å². The number of hydrogen-bond donors (Lipinski definition) is 0. The van der Waals surface area contributed by atoms with Crippen LogP contribution in [0.25, 0.3) is 6.08 Å². The van der Waals surface area contributed by atoms with E-state index in [9.17, 15) is 4.79 Å². The fourth-order valence-electron chi connectivity index (χ4n) is 1.67. The number of fused-ring (bicyclic) bond motifs is 1. The number of rotatable bonds is 4. The van der Waals surface area contributed by atoms with Crippen molar-refractivity contribution in [3.63, 3.8) is 0 Å². The van der Waals surface area contributed by atoms with E-state index >= 15 is 0 Å². The Bertz CT molecular complexity index is 598. The van der Waals surface area contributed by atoms with Gasteiger partial charge in [0.1, 0.15) is 31.5 Å². The van der Waals surface area contributed by atoms with Crippen LogP contribution in [-0.2, 0) is 9.53 Å². The molecule has 1 aromatic rings. The number of benzene rings is 1. The second-order valence-electron chi connectivity index (χ2n) is 3.96. The lowest BCUT2D eigenvalue weighted by Gasteiger charge is -2.18. The van der Waals surface area contributed by atoms with Crippen molar-refractivity contribution >= 4 is 12.0 Å². The summed E-state index contributed by atoms with van der Waals surface area (Å²) >= 11 is 0. The highest BCUT2D eigenvalue weighted by atomic mass is 16.6. The first kappa shape index (κ1) is 13.7. The van der Waals surface area contributed by atoms with Crippen LogP contribution in [0.4, 0.5) is 0 Å². The van der Waals surface area contributed by atoms with Crippen molar-refractivity contribution in [2.75, 3.05) is 19.8 Å². The van der Waals surface area contributed by atoms with Crippen LogP contribution in [0.2, 0.25) is 0 Å². The van der Waals surface area contributed by atoms with Crippen LogP contribution in [0.1, 0.15) is 5.56 Å². The molecular formula is C15H13NO4. The van der Waals surface area contributed by atoms with Crippen LogP contribution < -0.4 is 9.47 Å². The van der Waals surface area contributed by atoms with Crippen molar-refractivity contribution in [3.8, 4) is 17.6 Å². The van der Waals surface area contributed by atoms with E-state index in [1.807, 2.05) is 6.07 Å². The van der Waals surface area contributed by atoms with E-state index in [-0.39, 0.29) is 12.2 Å². The molecule has 0 radical (unpaired) electrons. The molecule has 0 amide bonds. The maximum Gasteiger partial charge on any atom is 0.349 e. The Labute approximate surface area is 116 Å². The Morgan fingerprint density at radius 3 is 2.85 bits per heavy atom. The molecule has 5 heteroatoms. The summed E-state index contributed by atoms with van der Waals surface area (Å²) in [6.07, 6.45) is 2.89. The van der Waals surface area contributed by atoms with Crippen molar-refractivity contribution in [1.82, 2.24) is 0 Å². The van der Waals surface area contributed by atoms with Crippen LogP contribution in [-0.4, -0.2) is 25.8 Å². The van der Waals surface area contributed by atoms with Crippen molar-refractivity contribution in [3.05, 3.63) is 42.0 Å². The molecule has 0 bridgehead atoms. The van der Waals surface area contributed by atoms with Crippen LogP contribution in [0, 0.1) is 11.3 Å². The summed E-state index contributed by atoms with van der Waals surface area (Å²) in [6.45, 7) is 4.50. The average Bonchev–Trinajstić information content (AvgIpc) is 2.50. The zero-order chi connectivity index (χ0) is 14.4. The van der Waals surface area contributed by atoms with Gasteiger partial charge in [0.2, 0.25) is 0 Å². The van der Waals surface area contributed by atoms with Gasteiger partial charge in [-0.1, -0.05) is 18.7 Å². The Morgan fingerprint density at radius 2 is 2.15 bits per heavy atom. The van der Waals surface area contributed by atoms with Gasteiger partial charge >= 0.3 is 5.97 Å². The number of esters is 1. The fraction of sp³-hybridized carbons (Fsp3) is 0.200. The number of carbonyl (C=O) groups excluding carboxylic acids is 1. The van der Waals surface area contributed by atoms with Crippen molar-refractivity contribution in [2.45, 2.75) is 0 Å². The first-order valence-corrected chi connectivity index (χ1v) is 6.04. The number of nitriles is 1. The molecule has 0 fully saturated rings. The van der Waals surface area contributed by atoms with Gasteiger partial charge in [0, 0.05) is 0 Å². The van der Waals surface area contributed by atoms with Gasteiger partial charge in [0.25, 0.3) is 0 Å². The minimum Gasteiger partial charge on any atom is -0.486 e. The summed E-state index contributed by atoms with van der Waals surface area (Å²) in [5.41, 5.74) is 0.588. The lowest BCUT2D eigenvalue weighted by atomic mass is 10.1. The first-order valence-electron chi connectivity index (χ1n) is 6.04. The topological polar surface area (TPSA) is 68.6 Å². The Hall–Kier alpha value is -2.74. The fourth-order valence-corrected chi connectivity index (χ4v) is 1.67. The van der Waals surface area contributed by atoms with Crippen LogP contribution in [0.15, 0.2) is 36.4 Å². The van der Waals surface area contributed by atoms with Gasteiger partial charge in [-0.25, -0.2) is 4.79 Å². The van der Waals surface area contributed by atoms with Crippen molar-refractivity contribution in [1.29, 1.82) is 5.26 Å². The quantitative estimate of drug-likeness (QED) is 0.363. The Kier molecular flexibility index (Phi) is 4.40. The monoisotopic (exact) mass is 271 g/mol. The third-order valence-corrected chi connectivity index (χ3v) is 2.55. The van der Waals surface area contributed by atoms with Gasteiger partial charge in [0.15, 0.2) is 11.5 Å². The standard InChI is InChI=1S/C15H13NO4/c1-2-5-20-15(17)12(10-16)8-11-3-4-13-14(9-11)19-7-6-18-13/h2-4,8-9H,1,5-7H2. The SMILES string of the molecule is C=CCOC(=O)C(C#N)=Cc1ccc2c(c1)OCCO2. The van der Waals surface area contributed by atoms with E-state index in [0.717, 1.165) is 0 Å². The molecule has 1 aliphatic rings. The minimum atomic E-state index is -0.678. The average molecular weight is 271 g/mol. The van der Waals surface area contributed by atoms with Gasteiger partial charge in [-0.05, 0) is 23.8 Å². The smallest absolute Gasteiger partial charge is 0.349 e. The van der Waals surface area contributed by atoms with Gasteiger partial charge in [-0.2, -0.15) is 5.26 Å². The van der Waals surface area contributed by atoms with Crippen molar-refractivity contribution < 1.29 is 19.0 Å². The summed E-state index contributed by atoms with van der Waals surface area (Å²) in [5.74, 6) is 0.574. The lowest BCUT2D eigenvalue weighted by Crippen LogP contribution is -2.15. The number of carbonyl (C=O) groups is 1. The second-order valence-corrected chi connectivity index (χ2v) is 3.96. The first-order chi connectivity index (χ1) is 9.74. The highest BCUT2D eigenvalue weighted by Gasteiger charge is 2.13. The van der Waals surface area contributed by atoms with Gasteiger partial charge < -0.3 is 14.2 Å². The molecule has 20 heavy (non-hydrogen) atoms. The Morgan fingerprint density at radius 1 is 1.40 bits per heavy atom. The summed E-state index contributed by atoms with van der Waals surface area (Å²) in [4.78, 5) is 11.6. The van der Waals surface area contributed by atoms with E-state index in [2.05, 4.69) is 6.58 Å². The molecule has 0 spiro atoms. The third kappa shape index (κ3) is 3.18. The zero-order valence-corrected chi connectivity index (χ0v) is 10.8. The summed E-state index contributed by atoms with van der Waals surface area (Å²) in [7, 11) is 0. The number of nitrogens with zero attached hydrogens (tertiary/aromatic N) is 1. The zero-order valence-electron chi connectivity index (χ0n) is 10.8. The van der Waals surface area contributed by atoms with E-state index < -0.39 is 5.97 Å². The molecule has 0 aliphatic carbocycles. The van der Waals surface area contributed by atoms with E-state index in [4.69, 9.17) is 19.5 Å². The predicted molar refractivity (Wildman–Crippen MR) is 72.2 cm³/mol. The lowest BCUT2D eigenvalue weighted by molar-refractivity contribution is -0.137. The molecule has 0 saturated heterocycles. The molecule has 0 N–H and O–H groups in total. The largest absolute Gasteiger partial charge is 0.486 e. The highest BCUT2D eigenvalue weighted by Crippen LogP contribution is 2.31. The molecule has 5 nitrogen and oxygen atoms in total. The number of hydrogen-bond acceptors (Lipinski definition) is 5. The number of ether oxygens (including phenoxy) is 3. The van der Waals surface area contributed by atoms with E-state index in [1.54, 1.807) is 18.2 Å². The van der Waals surface area contributed by atoms with Crippen molar-refractivity contribution in [2.24, 2.45) is 0 Å². The van der Waals surface area contributed by atoms with Gasteiger partial charge in [0.05, 0.1) is 0 Å². The normalized spacial score (nSPS) is 13.2. The predicted octanol–water partition coefficient (Wildman–Crippen LogP) is 2.09. The molecule has 2 rings (SSSR count). The van der Waals surface area contributed by atoms with Gasteiger partial charge in [-0.3, -0.25) is 0 Å². The maximum absolute atomic E-state index is 11.6. The maximum atomic E-state index is 11.6. The molecule has 1 aromatic carbocycles. The summed E-state index contributed by atoms with van der Waals surface area (Å²) in [5, 5.41) is 8.99. The minimum absolute atomic E-state index is 0.0684. The molecule has 0 atom stereocenters. The third-order valence-electron chi connectivity index (χ3n) is 2.55. The molecule has 0 saturated carbocycles. The molecule has 1 aliphatic heterocycles. The Balaban J connectivity index is 2.21.